The Bertz CT molecular complexity index is 780. The molecule has 2 aromatic rings. The molecule has 0 aliphatic heterocycles. The summed E-state index contributed by atoms with van der Waals surface area (Å²) >= 11 is 0. The molecule has 0 unspecified atom stereocenters. The number of para-hydroxylation sites is 1. The number of methoxy groups -OCH3 is 3. The molecule has 0 aromatic heterocycles. The van der Waals surface area contributed by atoms with E-state index in [4.69, 9.17) is 18.9 Å². The van der Waals surface area contributed by atoms with Crippen molar-refractivity contribution in [3.05, 3.63) is 48.0 Å². The lowest BCUT2D eigenvalue weighted by molar-refractivity contribution is 0.172. The maximum atomic E-state index is 5.76. The summed E-state index contributed by atoms with van der Waals surface area (Å²) in [6.45, 7) is 4.51. The Hall–Kier alpha value is -2.93. The van der Waals surface area contributed by atoms with Crippen LogP contribution in [0.25, 0.3) is 0 Å². The molecular weight excluding hydrogens is 370 g/mol. The van der Waals surface area contributed by atoms with Crippen molar-refractivity contribution in [1.82, 2.24) is 5.32 Å². The maximum absolute atomic E-state index is 5.76. The number of nitrogens with one attached hydrogen (secondary N) is 2. The predicted octanol–water partition coefficient (Wildman–Crippen LogP) is 3.70. The van der Waals surface area contributed by atoms with Crippen molar-refractivity contribution >= 4 is 11.6 Å². The van der Waals surface area contributed by atoms with E-state index in [1.807, 2.05) is 49.4 Å². The molecule has 0 saturated heterocycles. The fraction of sp³-hybridized carbons (Fsp3) is 0.409. The minimum Gasteiger partial charge on any atom is -0.493 e. The van der Waals surface area contributed by atoms with E-state index in [2.05, 4.69) is 15.6 Å². The number of nitrogens with zero attached hydrogens (tertiary/aromatic N) is 1. The van der Waals surface area contributed by atoms with E-state index in [0.717, 1.165) is 30.0 Å². The first-order valence-electron chi connectivity index (χ1n) is 9.68. The van der Waals surface area contributed by atoms with Crippen LogP contribution in [0.1, 0.15) is 18.9 Å². The van der Waals surface area contributed by atoms with Gasteiger partial charge in [0.25, 0.3) is 0 Å². The van der Waals surface area contributed by atoms with Crippen LogP contribution >= 0.6 is 0 Å². The summed E-state index contributed by atoms with van der Waals surface area (Å²) in [5.74, 6) is 2.86. The highest BCUT2D eigenvalue weighted by atomic mass is 16.5. The fourth-order valence-electron chi connectivity index (χ4n) is 2.74. The third-order valence-electron chi connectivity index (χ3n) is 4.09. The minimum atomic E-state index is 0.447. The second kappa shape index (κ2) is 12.5. The van der Waals surface area contributed by atoms with Crippen molar-refractivity contribution in [2.75, 3.05) is 46.4 Å². The Labute approximate surface area is 173 Å². The molecule has 0 radical (unpaired) electrons. The van der Waals surface area contributed by atoms with Crippen LogP contribution in [0.3, 0.4) is 0 Å². The van der Waals surface area contributed by atoms with E-state index >= 15 is 0 Å². The zero-order valence-electron chi connectivity index (χ0n) is 17.7. The SMILES string of the molecule is CCNC(=NCc1cccc(OC)c1OC)Nc1cccc(OCCCOC)c1. The summed E-state index contributed by atoms with van der Waals surface area (Å²) in [6, 6.07) is 13.6. The molecule has 2 aromatic carbocycles. The van der Waals surface area contributed by atoms with E-state index in [0.29, 0.717) is 37.2 Å². The summed E-state index contributed by atoms with van der Waals surface area (Å²) < 4.78 is 21.7. The van der Waals surface area contributed by atoms with Gasteiger partial charge >= 0.3 is 0 Å². The average molecular weight is 402 g/mol. The van der Waals surface area contributed by atoms with Gasteiger partial charge in [-0.2, -0.15) is 0 Å². The Kier molecular flexibility index (Phi) is 9.65. The number of anilines is 1. The summed E-state index contributed by atoms with van der Waals surface area (Å²) in [7, 11) is 4.95. The van der Waals surface area contributed by atoms with Crippen LogP contribution in [0, 0.1) is 0 Å². The molecule has 0 fully saturated rings. The van der Waals surface area contributed by atoms with Gasteiger partial charge in [0.2, 0.25) is 0 Å². The fourth-order valence-corrected chi connectivity index (χ4v) is 2.74. The van der Waals surface area contributed by atoms with Gasteiger partial charge < -0.3 is 29.6 Å². The topological polar surface area (TPSA) is 73.3 Å². The molecule has 0 spiro atoms. The molecule has 2 rings (SSSR count). The van der Waals surface area contributed by atoms with Gasteiger partial charge in [0.05, 0.1) is 27.4 Å². The van der Waals surface area contributed by atoms with E-state index in [-0.39, 0.29) is 0 Å². The zero-order chi connectivity index (χ0) is 20.9. The molecule has 0 saturated carbocycles. The molecule has 158 valence electrons. The number of ether oxygens (including phenoxy) is 4. The van der Waals surface area contributed by atoms with Crippen LogP contribution in [-0.4, -0.2) is 47.0 Å². The summed E-state index contributed by atoms with van der Waals surface area (Å²) in [5, 5.41) is 6.58. The monoisotopic (exact) mass is 401 g/mol. The van der Waals surface area contributed by atoms with Crippen molar-refractivity contribution in [2.45, 2.75) is 19.9 Å². The molecule has 0 aliphatic rings. The Morgan fingerprint density at radius 1 is 1.00 bits per heavy atom. The molecular formula is C22H31N3O4. The van der Waals surface area contributed by atoms with Crippen LogP contribution in [0.15, 0.2) is 47.5 Å². The van der Waals surface area contributed by atoms with Crippen molar-refractivity contribution in [2.24, 2.45) is 4.99 Å². The second-order valence-electron chi connectivity index (χ2n) is 6.20. The zero-order valence-corrected chi connectivity index (χ0v) is 17.7. The molecule has 0 aliphatic carbocycles. The van der Waals surface area contributed by atoms with Crippen LogP contribution < -0.4 is 24.8 Å². The molecule has 29 heavy (non-hydrogen) atoms. The number of rotatable bonds is 11. The van der Waals surface area contributed by atoms with Gasteiger partial charge in [-0.15, -0.1) is 0 Å². The number of hydrogen-bond donors (Lipinski definition) is 2. The number of hydrogen-bond acceptors (Lipinski definition) is 5. The Morgan fingerprint density at radius 2 is 1.83 bits per heavy atom. The van der Waals surface area contributed by atoms with Gasteiger partial charge in [-0.05, 0) is 25.1 Å². The van der Waals surface area contributed by atoms with Crippen LogP contribution in [0.4, 0.5) is 5.69 Å². The van der Waals surface area contributed by atoms with Gasteiger partial charge in [0, 0.05) is 44.0 Å². The molecule has 0 amide bonds. The molecule has 0 bridgehead atoms. The summed E-state index contributed by atoms with van der Waals surface area (Å²) in [4.78, 5) is 4.68. The Balaban J connectivity index is 2.08. The minimum absolute atomic E-state index is 0.447. The van der Waals surface area contributed by atoms with Crippen molar-refractivity contribution in [3.63, 3.8) is 0 Å². The molecule has 0 heterocycles. The first-order valence-corrected chi connectivity index (χ1v) is 9.68. The standard InChI is InChI=1S/C22H31N3O4/c1-5-23-22(24-16-17-9-6-12-20(27-3)21(17)28-4)25-18-10-7-11-19(15-18)29-14-8-13-26-2/h6-7,9-12,15H,5,8,13-14,16H2,1-4H3,(H2,23,24,25). The van der Waals surface area contributed by atoms with E-state index in [1.165, 1.54) is 0 Å². The van der Waals surface area contributed by atoms with Crippen LogP contribution in [0.5, 0.6) is 17.2 Å². The molecule has 2 N–H and O–H groups in total. The van der Waals surface area contributed by atoms with Crippen molar-refractivity contribution in [3.8, 4) is 17.2 Å². The highest BCUT2D eigenvalue weighted by molar-refractivity contribution is 5.93. The van der Waals surface area contributed by atoms with E-state index in [9.17, 15) is 0 Å². The number of aliphatic imine (C=N–C) groups is 1. The number of guanidine groups is 1. The van der Waals surface area contributed by atoms with Gasteiger partial charge in [-0.3, -0.25) is 0 Å². The normalized spacial score (nSPS) is 11.1. The van der Waals surface area contributed by atoms with Crippen LogP contribution in [0.2, 0.25) is 0 Å². The summed E-state index contributed by atoms with van der Waals surface area (Å²) in [5.41, 5.74) is 1.84. The lowest BCUT2D eigenvalue weighted by atomic mass is 10.2. The van der Waals surface area contributed by atoms with Gasteiger partial charge in [0.1, 0.15) is 5.75 Å². The van der Waals surface area contributed by atoms with E-state index < -0.39 is 0 Å². The largest absolute Gasteiger partial charge is 0.493 e. The quantitative estimate of drug-likeness (QED) is 0.340. The van der Waals surface area contributed by atoms with Crippen molar-refractivity contribution < 1.29 is 18.9 Å². The average Bonchev–Trinajstić information content (AvgIpc) is 2.75. The Morgan fingerprint density at radius 3 is 2.55 bits per heavy atom. The maximum Gasteiger partial charge on any atom is 0.196 e. The highest BCUT2D eigenvalue weighted by Crippen LogP contribution is 2.31. The highest BCUT2D eigenvalue weighted by Gasteiger charge is 2.09. The van der Waals surface area contributed by atoms with E-state index in [1.54, 1.807) is 21.3 Å². The first kappa shape index (κ1) is 22.4. The smallest absolute Gasteiger partial charge is 0.196 e. The van der Waals surface area contributed by atoms with Crippen LogP contribution in [-0.2, 0) is 11.3 Å². The third-order valence-corrected chi connectivity index (χ3v) is 4.09. The second-order valence-corrected chi connectivity index (χ2v) is 6.20. The first-order chi connectivity index (χ1) is 14.2. The summed E-state index contributed by atoms with van der Waals surface area (Å²) in [6.07, 6.45) is 0.848. The predicted molar refractivity (Wildman–Crippen MR) is 116 cm³/mol. The number of benzene rings is 2. The van der Waals surface area contributed by atoms with Crippen molar-refractivity contribution in [1.29, 1.82) is 0 Å². The third kappa shape index (κ3) is 7.19. The van der Waals surface area contributed by atoms with Gasteiger partial charge in [0.15, 0.2) is 17.5 Å². The lowest BCUT2D eigenvalue weighted by Gasteiger charge is -2.14. The molecule has 0 atom stereocenters. The lowest BCUT2D eigenvalue weighted by Crippen LogP contribution is -2.30. The molecule has 7 nitrogen and oxygen atoms in total. The molecule has 7 heteroatoms. The van der Waals surface area contributed by atoms with Gasteiger partial charge in [-0.25, -0.2) is 4.99 Å². The van der Waals surface area contributed by atoms with Gasteiger partial charge in [-0.1, -0.05) is 18.2 Å².